The highest BCUT2D eigenvalue weighted by Crippen LogP contribution is 2.24. The van der Waals surface area contributed by atoms with Crippen LogP contribution in [-0.2, 0) is 16.0 Å². The van der Waals surface area contributed by atoms with Gasteiger partial charge in [0, 0.05) is 23.4 Å². The summed E-state index contributed by atoms with van der Waals surface area (Å²) in [6.45, 7) is 2.06. The number of rotatable bonds is 4. The maximum absolute atomic E-state index is 12.4. The van der Waals surface area contributed by atoms with Crippen molar-refractivity contribution in [2.45, 2.75) is 19.8 Å². The van der Waals surface area contributed by atoms with Gasteiger partial charge in [-0.05, 0) is 61.4 Å². The summed E-state index contributed by atoms with van der Waals surface area (Å²) in [6, 6.07) is 11.7. The number of hydrogen-bond acceptors (Lipinski definition) is 4. The van der Waals surface area contributed by atoms with Gasteiger partial charge in [-0.25, -0.2) is 4.79 Å². The van der Waals surface area contributed by atoms with E-state index in [1.165, 1.54) is 0 Å². The molecule has 1 aliphatic rings. The molecule has 0 bridgehead atoms. The molecular weight excluding hydrogens is 320 g/mol. The van der Waals surface area contributed by atoms with Crippen LogP contribution in [0.2, 0.25) is 0 Å². The van der Waals surface area contributed by atoms with Crippen LogP contribution in [-0.4, -0.2) is 24.4 Å². The molecule has 25 heavy (non-hydrogen) atoms. The molecule has 0 aliphatic carbocycles. The van der Waals surface area contributed by atoms with Crippen molar-refractivity contribution in [2.24, 2.45) is 0 Å². The molecule has 1 aliphatic heterocycles. The smallest absolute Gasteiger partial charge is 0.338 e. The first-order valence-electron chi connectivity index (χ1n) is 8.08. The predicted octanol–water partition coefficient (Wildman–Crippen LogP) is 3.00. The maximum Gasteiger partial charge on any atom is 0.338 e. The quantitative estimate of drug-likeness (QED) is 0.839. The zero-order valence-corrected chi connectivity index (χ0v) is 13.8. The van der Waals surface area contributed by atoms with E-state index >= 15 is 0 Å². The van der Waals surface area contributed by atoms with E-state index in [2.05, 4.69) is 10.6 Å². The van der Waals surface area contributed by atoms with Crippen LogP contribution in [0.15, 0.2) is 42.5 Å². The van der Waals surface area contributed by atoms with E-state index in [0.717, 1.165) is 11.3 Å². The number of esters is 1. The number of ether oxygens (including phenoxy) is 1. The molecule has 3 rings (SSSR count). The van der Waals surface area contributed by atoms with Crippen molar-refractivity contribution >= 4 is 29.2 Å². The molecular formula is C19H18N2O4. The van der Waals surface area contributed by atoms with Gasteiger partial charge in [0.2, 0.25) is 5.91 Å². The topological polar surface area (TPSA) is 84.5 Å². The lowest BCUT2D eigenvalue weighted by Crippen LogP contribution is -2.20. The van der Waals surface area contributed by atoms with Crippen molar-refractivity contribution in [1.82, 2.24) is 0 Å². The molecule has 6 nitrogen and oxygen atoms in total. The summed E-state index contributed by atoms with van der Waals surface area (Å²) in [5, 5.41) is 5.58. The number of carbonyl (C=O) groups excluding carboxylic acids is 3. The Balaban J connectivity index is 1.70. The molecule has 2 aromatic carbocycles. The molecule has 0 atom stereocenters. The van der Waals surface area contributed by atoms with Crippen molar-refractivity contribution in [3.63, 3.8) is 0 Å². The molecule has 128 valence electrons. The standard InChI is InChI=1S/C19H18N2O4/c1-2-25-19(24)12-3-7-15(8-4-12)20-18(23)14-5-9-16-13(11-14)6-10-17(22)21-16/h3-5,7-9,11H,2,6,10H2,1H3,(H,20,23)(H,21,22). The summed E-state index contributed by atoms with van der Waals surface area (Å²) >= 11 is 0. The fourth-order valence-corrected chi connectivity index (χ4v) is 2.63. The zero-order chi connectivity index (χ0) is 17.8. The third-order valence-corrected chi connectivity index (χ3v) is 3.92. The molecule has 2 N–H and O–H groups in total. The van der Waals surface area contributed by atoms with Gasteiger partial charge < -0.3 is 15.4 Å². The number of fused-ring (bicyclic) bond motifs is 1. The summed E-state index contributed by atoms with van der Waals surface area (Å²) in [6.07, 6.45) is 1.05. The van der Waals surface area contributed by atoms with E-state index in [0.29, 0.717) is 36.3 Å². The Labute approximate surface area is 145 Å². The Morgan fingerprint density at radius 3 is 2.52 bits per heavy atom. The molecule has 1 heterocycles. The van der Waals surface area contributed by atoms with Crippen molar-refractivity contribution in [3.05, 3.63) is 59.2 Å². The molecule has 0 saturated carbocycles. The van der Waals surface area contributed by atoms with E-state index in [9.17, 15) is 14.4 Å². The minimum absolute atomic E-state index is 0.00797. The van der Waals surface area contributed by atoms with E-state index in [-0.39, 0.29) is 11.8 Å². The van der Waals surface area contributed by atoms with Gasteiger partial charge in [0.25, 0.3) is 5.91 Å². The summed E-state index contributed by atoms with van der Waals surface area (Å²) in [7, 11) is 0. The first-order valence-corrected chi connectivity index (χ1v) is 8.08. The normalized spacial score (nSPS) is 12.8. The molecule has 0 saturated heterocycles. The highest BCUT2D eigenvalue weighted by Gasteiger charge is 2.17. The molecule has 6 heteroatoms. The Morgan fingerprint density at radius 2 is 1.80 bits per heavy atom. The third-order valence-electron chi connectivity index (χ3n) is 3.92. The highest BCUT2D eigenvalue weighted by atomic mass is 16.5. The van der Waals surface area contributed by atoms with Crippen LogP contribution in [0.5, 0.6) is 0 Å². The monoisotopic (exact) mass is 338 g/mol. The SMILES string of the molecule is CCOC(=O)c1ccc(NC(=O)c2ccc3c(c2)CCC(=O)N3)cc1. The zero-order valence-electron chi connectivity index (χ0n) is 13.8. The summed E-state index contributed by atoms with van der Waals surface area (Å²) in [5.41, 5.74) is 3.24. The number of aryl methyl sites for hydroxylation is 1. The van der Waals surface area contributed by atoms with Crippen molar-refractivity contribution in [1.29, 1.82) is 0 Å². The Hall–Kier alpha value is -3.15. The van der Waals surface area contributed by atoms with Crippen molar-refractivity contribution < 1.29 is 19.1 Å². The van der Waals surface area contributed by atoms with Gasteiger partial charge in [-0.1, -0.05) is 0 Å². The number of carbonyl (C=O) groups is 3. The predicted molar refractivity (Wildman–Crippen MR) is 93.7 cm³/mol. The largest absolute Gasteiger partial charge is 0.462 e. The first-order chi connectivity index (χ1) is 12.1. The van der Waals surface area contributed by atoms with Crippen LogP contribution < -0.4 is 10.6 Å². The number of anilines is 2. The third kappa shape index (κ3) is 3.85. The highest BCUT2D eigenvalue weighted by molar-refractivity contribution is 6.05. The van der Waals surface area contributed by atoms with Gasteiger partial charge in [0.1, 0.15) is 0 Å². The first kappa shape index (κ1) is 16.7. The molecule has 0 fully saturated rings. The molecule has 0 aromatic heterocycles. The second-order valence-corrected chi connectivity index (χ2v) is 5.67. The van der Waals surface area contributed by atoms with Gasteiger partial charge in [0.05, 0.1) is 12.2 Å². The number of hydrogen-bond donors (Lipinski definition) is 2. The van der Waals surface area contributed by atoms with E-state index in [1.54, 1.807) is 49.4 Å². The Morgan fingerprint density at radius 1 is 1.08 bits per heavy atom. The Kier molecular flexibility index (Phi) is 4.79. The van der Waals surface area contributed by atoms with Crippen molar-refractivity contribution in [2.75, 3.05) is 17.2 Å². The Bertz CT molecular complexity index is 828. The number of benzene rings is 2. The molecule has 0 radical (unpaired) electrons. The number of amides is 2. The lowest BCUT2D eigenvalue weighted by Gasteiger charge is -2.17. The average Bonchev–Trinajstić information content (AvgIpc) is 2.62. The average molecular weight is 338 g/mol. The fourth-order valence-electron chi connectivity index (χ4n) is 2.63. The van der Waals surface area contributed by atoms with Gasteiger partial charge in [-0.15, -0.1) is 0 Å². The van der Waals surface area contributed by atoms with Crippen LogP contribution in [0, 0.1) is 0 Å². The van der Waals surface area contributed by atoms with Crippen LogP contribution >= 0.6 is 0 Å². The second kappa shape index (κ2) is 7.17. The lowest BCUT2D eigenvalue weighted by molar-refractivity contribution is -0.116. The van der Waals surface area contributed by atoms with Gasteiger partial charge in [-0.2, -0.15) is 0 Å². The summed E-state index contributed by atoms with van der Waals surface area (Å²) in [4.78, 5) is 35.4. The van der Waals surface area contributed by atoms with Crippen molar-refractivity contribution in [3.8, 4) is 0 Å². The second-order valence-electron chi connectivity index (χ2n) is 5.67. The minimum Gasteiger partial charge on any atom is -0.462 e. The molecule has 0 spiro atoms. The molecule has 0 unspecified atom stereocenters. The maximum atomic E-state index is 12.4. The lowest BCUT2D eigenvalue weighted by atomic mass is 10.00. The minimum atomic E-state index is -0.392. The van der Waals surface area contributed by atoms with Crippen LogP contribution in [0.3, 0.4) is 0 Å². The van der Waals surface area contributed by atoms with E-state index < -0.39 is 5.97 Å². The van der Waals surface area contributed by atoms with E-state index in [4.69, 9.17) is 4.74 Å². The summed E-state index contributed by atoms with van der Waals surface area (Å²) in [5.74, 6) is -0.646. The van der Waals surface area contributed by atoms with Crippen LogP contribution in [0.25, 0.3) is 0 Å². The fraction of sp³-hybridized carbons (Fsp3) is 0.211. The van der Waals surface area contributed by atoms with Gasteiger partial charge >= 0.3 is 5.97 Å². The van der Waals surface area contributed by atoms with Crippen LogP contribution in [0.1, 0.15) is 39.6 Å². The van der Waals surface area contributed by atoms with Gasteiger partial charge in [0.15, 0.2) is 0 Å². The van der Waals surface area contributed by atoms with Gasteiger partial charge in [-0.3, -0.25) is 9.59 Å². The molecule has 2 aromatic rings. The summed E-state index contributed by atoms with van der Waals surface area (Å²) < 4.78 is 4.92. The van der Waals surface area contributed by atoms with E-state index in [1.807, 2.05) is 0 Å². The van der Waals surface area contributed by atoms with Crippen LogP contribution in [0.4, 0.5) is 11.4 Å². The number of nitrogens with one attached hydrogen (secondary N) is 2. The molecule has 2 amide bonds.